The third kappa shape index (κ3) is 2.59. The third-order valence-corrected chi connectivity index (χ3v) is 4.64. The van der Waals surface area contributed by atoms with Gasteiger partial charge in [0.2, 0.25) is 0 Å². The molecule has 2 heterocycles. The zero-order valence-corrected chi connectivity index (χ0v) is 10.9. The van der Waals surface area contributed by atoms with Crippen molar-refractivity contribution in [1.29, 1.82) is 0 Å². The molecule has 0 spiro atoms. The first-order chi connectivity index (χ1) is 8.83. The van der Waals surface area contributed by atoms with E-state index in [0.29, 0.717) is 0 Å². The van der Waals surface area contributed by atoms with E-state index in [1.807, 2.05) is 12.1 Å². The lowest BCUT2D eigenvalue weighted by atomic mass is 9.80. The van der Waals surface area contributed by atoms with Crippen LogP contribution in [0.1, 0.15) is 37.7 Å². The molecule has 1 aromatic rings. The summed E-state index contributed by atoms with van der Waals surface area (Å²) in [6, 6.07) is 7.89. The van der Waals surface area contributed by atoms with Crippen LogP contribution in [-0.2, 0) is 6.42 Å². The van der Waals surface area contributed by atoms with Crippen molar-refractivity contribution >= 4 is 0 Å². The van der Waals surface area contributed by atoms with E-state index in [4.69, 9.17) is 0 Å². The van der Waals surface area contributed by atoms with Crippen LogP contribution in [0.5, 0.6) is 0 Å². The topological polar surface area (TPSA) is 3.24 Å². The number of nitrogens with zero attached hydrogens (tertiary/aromatic N) is 1. The molecule has 2 aliphatic heterocycles. The molecule has 98 valence electrons. The minimum absolute atomic E-state index is 0.123. The van der Waals surface area contributed by atoms with Gasteiger partial charge in [0.15, 0.2) is 0 Å². The van der Waals surface area contributed by atoms with Crippen LogP contribution in [0.25, 0.3) is 0 Å². The Kier molecular flexibility index (Phi) is 3.64. The summed E-state index contributed by atoms with van der Waals surface area (Å²) >= 11 is 0. The molecule has 0 aliphatic carbocycles. The molecule has 2 atom stereocenters. The normalized spacial score (nSPS) is 28.9. The van der Waals surface area contributed by atoms with Crippen LogP contribution in [0.3, 0.4) is 0 Å². The molecule has 18 heavy (non-hydrogen) atoms. The quantitative estimate of drug-likeness (QED) is 0.771. The van der Waals surface area contributed by atoms with Crippen molar-refractivity contribution in [1.82, 2.24) is 4.90 Å². The first kappa shape index (κ1) is 12.2. The van der Waals surface area contributed by atoms with E-state index in [0.717, 1.165) is 18.4 Å². The van der Waals surface area contributed by atoms with Crippen LogP contribution >= 0.6 is 0 Å². The second-order valence-electron chi connectivity index (χ2n) is 5.83. The summed E-state index contributed by atoms with van der Waals surface area (Å²) in [6.45, 7) is 2.59. The number of benzene rings is 1. The minimum atomic E-state index is -0.123. The van der Waals surface area contributed by atoms with Crippen LogP contribution < -0.4 is 0 Å². The summed E-state index contributed by atoms with van der Waals surface area (Å²) in [4.78, 5) is 2.70. The van der Waals surface area contributed by atoms with Gasteiger partial charge < -0.3 is 4.90 Å². The van der Waals surface area contributed by atoms with Crippen LogP contribution in [0.2, 0.25) is 0 Å². The molecule has 0 aromatic heterocycles. The van der Waals surface area contributed by atoms with Crippen molar-refractivity contribution in [3.8, 4) is 0 Å². The maximum atomic E-state index is 12.9. The predicted molar refractivity (Wildman–Crippen MR) is 72.0 cm³/mol. The third-order valence-electron chi connectivity index (χ3n) is 4.64. The molecule has 0 bridgehead atoms. The van der Waals surface area contributed by atoms with E-state index in [9.17, 15) is 4.39 Å². The number of halogens is 1. The van der Waals surface area contributed by atoms with Crippen LogP contribution in [0.4, 0.5) is 4.39 Å². The van der Waals surface area contributed by atoms with Crippen LogP contribution in [0, 0.1) is 11.7 Å². The standard InChI is InChI=1S/C16H22FN/c17-15-8-6-13(7-9-15)12-14-4-3-11-18-10-2-1-5-16(14)18/h6-9,14,16H,1-5,10-12H2. The minimum Gasteiger partial charge on any atom is -0.300 e. The molecule has 2 aliphatic rings. The molecule has 0 radical (unpaired) electrons. The van der Waals surface area contributed by atoms with Crippen molar-refractivity contribution in [3.05, 3.63) is 35.6 Å². The lowest BCUT2D eigenvalue weighted by molar-refractivity contribution is 0.0597. The predicted octanol–water partition coefficient (Wildman–Crippen LogP) is 3.63. The summed E-state index contributed by atoms with van der Waals surface area (Å²) in [5.41, 5.74) is 1.30. The van der Waals surface area contributed by atoms with Crippen molar-refractivity contribution in [2.45, 2.75) is 44.6 Å². The summed E-state index contributed by atoms with van der Waals surface area (Å²) in [6.07, 6.45) is 7.94. The molecule has 0 amide bonds. The first-order valence-corrected chi connectivity index (χ1v) is 7.31. The highest BCUT2D eigenvalue weighted by atomic mass is 19.1. The second kappa shape index (κ2) is 5.40. The highest BCUT2D eigenvalue weighted by molar-refractivity contribution is 5.17. The molecule has 0 N–H and O–H groups in total. The number of rotatable bonds is 2. The fourth-order valence-corrected chi connectivity index (χ4v) is 3.74. The first-order valence-electron chi connectivity index (χ1n) is 7.31. The number of hydrogen-bond donors (Lipinski definition) is 0. The van der Waals surface area contributed by atoms with E-state index < -0.39 is 0 Å². The Bertz CT molecular complexity index is 385. The lowest BCUT2D eigenvalue weighted by Crippen LogP contribution is -2.48. The van der Waals surface area contributed by atoms with E-state index in [2.05, 4.69) is 4.90 Å². The van der Waals surface area contributed by atoms with Gasteiger partial charge in [-0.3, -0.25) is 0 Å². The fraction of sp³-hybridized carbons (Fsp3) is 0.625. The van der Waals surface area contributed by atoms with Gasteiger partial charge in [-0.05, 0) is 68.8 Å². The maximum Gasteiger partial charge on any atom is 0.123 e. The summed E-state index contributed by atoms with van der Waals surface area (Å²) in [5.74, 6) is 0.659. The monoisotopic (exact) mass is 247 g/mol. The Labute approximate surface area is 109 Å². The van der Waals surface area contributed by atoms with Gasteiger partial charge in [0.05, 0.1) is 0 Å². The fourth-order valence-electron chi connectivity index (χ4n) is 3.74. The highest BCUT2D eigenvalue weighted by Crippen LogP contribution is 2.32. The van der Waals surface area contributed by atoms with Gasteiger partial charge in [-0.1, -0.05) is 18.6 Å². The number of hydrogen-bond acceptors (Lipinski definition) is 1. The molecule has 0 saturated carbocycles. The second-order valence-corrected chi connectivity index (χ2v) is 5.83. The van der Waals surface area contributed by atoms with Gasteiger partial charge in [-0.25, -0.2) is 4.39 Å². The molecule has 1 aromatic carbocycles. The zero-order valence-electron chi connectivity index (χ0n) is 10.9. The zero-order chi connectivity index (χ0) is 12.4. The van der Waals surface area contributed by atoms with Crippen LogP contribution in [-0.4, -0.2) is 24.0 Å². The van der Waals surface area contributed by atoms with Crippen molar-refractivity contribution in [2.75, 3.05) is 13.1 Å². The van der Waals surface area contributed by atoms with Gasteiger partial charge in [-0.15, -0.1) is 0 Å². The highest BCUT2D eigenvalue weighted by Gasteiger charge is 2.32. The van der Waals surface area contributed by atoms with E-state index in [1.54, 1.807) is 12.1 Å². The molecule has 2 heteroatoms. The van der Waals surface area contributed by atoms with Gasteiger partial charge in [0, 0.05) is 6.04 Å². The summed E-state index contributed by atoms with van der Waals surface area (Å²) in [7, 11) is 0. The van der Waals surface area contributed by atoms with Gasteiger partial charge in [-0.2, -0.15) is 0 Å². The van der Waals surface area contributed by atoms with E-state index >= 15 is 0 Å². The van der Waals surface area contributed by atoms with Crippen molar-refractivity contribution < 1.29 is 4.39 Å². The largest absolute Gasteiger partial charge is 0.300 e. The van der Waals surface area contributed by atoms with E-state index in [1.165, 1.54) is 50.8 Å². The molecular formula is C16H22FN. The van der Waals surface area contributed by atoms with Crippen molar-refractivity contribution in [3.63, 3.8) is 0 Å². The average Bonchev–Trinajstić information content (AvgIpc) is 2.42. The van der Waals surface area contributed by atoms with Crippen LogP contribution in [0.15, 0.2) is 24.3 Å². The Morgan fingerprint density at radius 3 is 2.61 bits per heavy atom. The Morgan fingerprint density at radius 2 is 1.78 bits per heavy atom. The van der Waals surface area contributed by atoms with Gasteiger partial charge in [0.1, 0.15) is 5.82 Å². The van der Waals surface area contributed by atoms with E-state index in [-0.39, 0.29) is 5.82 Å². The molecule has 2 saturated heterocycles. The number of fused-ring (bicyclic) bond motifs is 1. The average molecular weight is 247 g/mol. The summed E-state index contributed by atoms with van der Waals surface area (Å²) in [5, 5.41) is 0. The smallest absolute Gasteiger partial charge is 0.123 e. The molecule has 2 fully saturated rings. The maximum absolute atomic E-state index is 12.9. The Balaban J connectivity index is 1.69. The summed E-state index contributed by atoms with van der Waals surface area (Å²) < 4.78 is 12.9. The molecule has 2 unspecified atom stereocenters. The lowest BCUT2D eigenvalue weighted by Gasteiger charge is -2.44. The molecular weight excluding hydrogens is 225 g/mol. The molecule has 1 nitrogen and oxygen atoms in total. The van der Waals surface area contributed by atoms with Gasteiger partial charge >= 0.3 is 0 Å². The van der Waals surface area contributed by atoms with Gasteiger partial charge in [0.25, 0.3) is 0 Å². The number of piperidine rings is 2. The van der Waals surface area contributed by atoms with Crippen molar-refractivity contribution in [2.24, 2.45) is 5.92 Å². The SMILES string of the molecule is Fc1ccc(CC2CCCN3CCCCC23)cc1. The Morgan fingerprint density at radius 1 is 1.00 bits per heavy atom. The molecule has 3 rings (SSSR count). The Hall–Kier alpha value is -0.890.